The maximum Gasteiger partial charge on any atom is 0.488 e. The van der Waals surface area contributed by atoms with Gasteiger partial charge in [-0.15, -0.1) is 0 Å². The van der Waals surface area contributed by atoms with Crippen LogP contribution in [0.1, 0.15) is 20.8 Å². The van der Waals surface area contributed by atoms with Crippen molar-refractivity contribution in [2.24, 2.45) is 0 Å². The van der Waals surface area contributed by atoms with Crippen molar-refractivity contribution in [2.75, 3.05) is 19.8 Å². The number of H-pyrrole nitrogens is 2. The predicted octanol–water partition coefficient (Wildman–Crippen LogP) is 15.0. The molecular formula is C55H48BBr4FN9O9P. The molecule has 11 rings (SSSR count). The first-order chi connectivity index (χ1) is 38.6. The van der Waals surface area contributed by atoms with Gasteiger partial charge in [0.05, 0.1) is 35.2 Å². The lowest BCUT2D eigenvalue weighted by molar-refractivity contribution is -0.385. The van der Waals surface area contributed by atoms with E-state index in [0.717, 1.165) is 62.9 Å². The quantitative estimate of drug-likeness (QED) is 0.0309. The molecule has 7 heterocycles. The molecule has 0 saturated carbocycles. The number of nitrogens with zero attached hydrogens (tertiary/aromatic N) is 7. The van der Waals surface area contributed by atoms with Crippen molar-refractivity contribution in [1.82, 2.24) is 34.9 Å². The van der Waals surface area contributed by atoms with Gasteiger partial charge in [-0.3, -0.25) is 40.2 Å². The van der Waals surface area contributed by atoms with E-state index < -0.39 is 31.5 Å². The van der Waals surface area contributed by atoms with Gasteiger partial charge in [-0.1, -0.05) is 90.3 Å². The van der Waals surface area contributed by atoms with Crippen LogP contribution in [0.25, 0.3) is 65.9 Å². The van der Waals surface area contributed by atoms with Gasteiger partial charge < -0.3 is 33.6 Å². The molecule has 0 fully saturated rings. The zero-order valence-corrected chi connectivity index (χ0v) is 49.9. The summed E-state index contributed by atoms with van der Waals surface area (Å²) < 4.78 is 31.7. The summed E-state index contributed by atoms with van der Waals surface area (Å²) in [5.74, 6) is -0.466. The number of halogens is 5. The summed E-state index contributed by atoms with van der Waals surface area (Å²) in [5.41, 5.74) is 8.18. The van der Waals surface area contributed by atoms with Gasteiger partial charge in [0.15, 0.2) is 0 Å². The van der Waals surface area contributed by atoms with Gasteiger partial charge in [0.25, 0.3) is 11.4 Å². The number of fused-ring (bicyclic) bond motifs is 6. The third-order valence-corrected chi connectivity index (χ3v) is 14.4. The Morgan fingerprint density at radius 2 is 0.988 bits per heavy atom. The van der Waals surface area contributed by atoms with Crippen molar-refractivity contribution in [3.63, 3.8) is 0 Å². The van der Waals surface area contributed by atoms with Crippen molar-refractivity contribution >= 4 is 140 Å². The molecule has 0 spiro atoms. The number of benzene rings is 4. The molecule has 0 aliphatic carbocycles. The Labute approximate surface area is 493 Å². The Hall–Kier alpha value is -6.83. The maximum atomic E-state index is 12.9. The number of nitro groups is 2. The Bertz CT molecular complexity index is 3750. The van der Waals surface area contributed by atoms with Gasteiger partial charge in [-0.05, 0) is 120 Å². The summed E-state index contributed by atoms with van der Waals surface area (Å²) in [6, 6.07) is 36.2. The second kappa shape index (κ2) is 31.8. The number of aromatic nitrogens is 7. The molecule has 80 heavy (non-hydrogen) atoms. The highest BCUT2D eigenvalue weighted by atomic mass is 79.9. The average molecular weight is 1360 g/mol. The van der Waals surface area contributed by atoms with Gasteiger partial charge in [-0.2, -0.15) is 4.39 Å². The van der Waals surface area contributed by atoms with Crippen LogP contribution in [0.15, 0.2) is 195 Å². The molecule has 0 atom stereocenters. The molecule has 7 aromatic heterocycles. The van der Waals surface area contributed by atoms with Gasteiger partial charge >= 0.3 is 15.7 Å². The molecule has 0 saturated heterocycles. The van der Waals surface area contributed by atoms with E-state index in [1.807, 2.05) is 87.8 Å². The number of hydrogen-bond donors (Lipinski definition) is 4. The highest BCUT2D eigenvalue weighted by molar-refractivity contribution is 9.11. The van der Waals surface area contributed by atoms with Crippen LogP contribution in [0.3, 0.4) is 0 Å². The molecule has 0 aliphatic heterocycles. The first-order valence-electron chi connectivity index (χ1n) is 24.0. The topological polar surface area (TPSA) is 250 Å². The normalized spacial score (nSPS) is 10.5. The molecule has 0 radical (unpaired) electrons. The SMILES string of the molecule is Brc1ccc2c(c1)[nH]c1ccncc12.CCOP(OCC)OCC.Fc1ccc(-c2ccc3c(c2)[nH]c2ccncc23)cn1.O=[N+]([O-])c1ccncc1-c1ccc(Br)cc1.O=[N+]([O-])c1ccncc1Br.OB(O)c1ccc(Br)cc1. The van der Waals surface area contributed by atoms with Gasteiger partial charge in [0.2, 0.25) is 5.95 Å². The molecule has 4 aromatic carbocycles. The fraction of sp³-hybridized carbons (Fsp3) is 0.109. The largest absolute Gasteiger partial charge is 0.488 e. The molecular weight excluding hydrogens is 1310 g/mol. The third-order valence-electron chi connectivity index (χ3n) is 10.8. The molecule has 0 amide bonds. The number of rotatable bonds is 11. The van der Waals surface area contributed by atoms with Gasteiger partial charge in [0.1, 0.15) is 4.47 Å². The molecule has 25 heteroatoms. The minimum atomic E-state index is -1.37. The highest BCUT2D eigenvalue weighted by Gasteiger charge is 2.15. The van der Waals surface area contributed by atoms with Crippen molar-refractivity contribution in [3.8, 4) is 22.3 Å². The summed E-state index contributed by atoms with van der Waals surface area (Å²) in [4.78, 5) is 46.4. The summed E-state index contributed by atoms with van der Waals surface area (Å²) in [6.07, 6.45) is 14.5. The number of hydrogen-bond acceptors (Lipinski definition) is 14. The maximum absolute atomic E-state index is 12.9. The third kappa shape index (κ3) is 18.4. The van der Waals surface area contributed by atoms with Crippen molar-refractivity contribution < 1.29 is 37.9 Å². The van der Waals surface area contributed by atoms with Crippen LogP contribution >= 0.6 is 72.3 Å². The van der Waals surface area contributed by atoms with E-state index in [1.54, 1.807) is 48.9 Å². The van der Waals surface area contributed by atoms with Crippen molar-refractivity contribution in [2.45, 2.75) is 20.8 Å². The first kappa shape index (κ1) is 62.4. The summed E-state index contributed by atoms with van der Waals surface area (Å²) >= 11 is 13.0. The van der Waals surface area contributed by atoms with Crippen LogP contribution in [0.4, 0.5) is 15.8 Å². The lowest BCUT2D eigenvalue weighted by Gasteiger charge is -2.12. The van der Waals surface area contributed by atoms with E-state index in [1.165, 1.54) is 53.8 Å². The minimum Gasteiger partial charge on any atom is -0.423 e. The van der Waals surface area contributed by atoms with E-state index in [2.05, 4.69) is 117 Å². The Kier molecular flexibility index (Phi) is 24.8. The summed E-state index contributed by atoms with van der Waals surface area (Å²) in [6.45, 7) is 7.71. The average Bonchev–Trinajstić information content (AvgIpc) is 4.05. The van der Waals surface area contributed by atoms with E-state index in [4.69, 9.17) is 23.6 Å². The second-order valence-corrected chi connectivity index (χ2v) is 20.9. The lowest BCUT2D eigenvalue weighted by atomic mass is 9.81. The second-order valence-electron chi connectivity index (χ2n) is 16.1. The smallest absolute Gasteiger partial charge is 0.423 e. The number of nitrogens with one attached hydrogen (secondary N) is 2. The van der Waals surface area contributed by atoms with Crippen molar-refractivity contribution in [1.29, 1.82) is 0 Å². The minimum absolute atomic E-state index is 0.0370. The zero-order valence-electron chi connectivity index (χ0n) is 42.7. The highest BCUT2D eigenvalue weighted by Crippen LogP contribution is 2.39. The molecule has 410 valence electrons. The monoisotopic (exact) mass is 1360 g/mol. The lowest BCUT2D eigenvalue weighted by Crippen LogP contribution is -2.29. The standard InChI is InChI=1S/C16H10FN3.C11H7BrN2O2.C11H7BrN2.C6H6BBrO2.C6H15O3P.C5H3BrN2O2/c17-16-4-2-11(8-19-16)10-1-3-12-13-9-18-6-5-14(13)20-15(12)7-10;12-9-3-1-8(2-4-9)10-7-13-6-5-11(10)14(15)16;12-7-1-2-8-9-6-13-4-3-10(9)14-11(8)5-7;8-6-3-1-5(2-4-6)7(9)10;1-4-7-10(8-5-2)9-6-3;6-4-3-7-2-1-5(4)8(9)10/h1-9,20H;1-7H;1-6,14H;1-4,9-10H;4-6H2,1-3H3;1-3H. The molecule has 0 aliphatic rings. The molecule has 0 bridgehead atoms. The summed E-state index contributed by atoms with van der Waals surface area (Å²) in [5, 5.41) is 42.9. The van der Waals surface area contributed by atoms with Crippen LogP contribution in [-0.2, 0) is 13.6 Å². The van der Waals surface area contributed by atoms with Crippen LogP contribution in [0.5, 0.6) is 0 Å². The Morgan fingerprint density at radius 1 is 0.525 bits per heavy atom. The van der Waals surface area contributed by atoms with E-state index in [-0.39, 0.29) is 11.4 Å². The van der Waals surface area contributed by atoms with Crippen LogP contribution in [-0.4, -0.2) is 81.7 Å². The van der Waals surface area contributed by atoms with E-state index in [9.17, 15) is 24.6 Å². The van der Waals surface area contributed by atoms with Crippen LogP contribution in [0, 0.1) is 26.2 Å². The van der Waals surface area contributed by atoms with Gasteiger partial charge in [0, 0.05) is 130 Å². The number of pyridine rings is 5. The predicted molar refractivity (Wildman–Crippen MR) is 326 cm³/mol. The van der Waals surface area contributed by atoms with Crippen molar-refractivity contribution in [3.05, 3.63) is 221 Å². The van der Waals surface area contributed by atoms with Crippen LogP contribution in [0.2, 0.25) is 0 Å². The Balaban J connectivity index is 0.000000159. The van der Waals surface area contributed by atoms with Crippen LogP contribution < -0.4 is 5.46 Å². The fourth-order valence-electron chi connectivity index (χ4n) is 7.17. The fourth-order valence-corrected chi connectivity index (χ4v) is 9.31. The number of aromatic amines is 2. The first-order valence-corrected chi connectivity index (χ1v) is 28.2. The molecule has 0 unspecified atom stereocenters. The molecule has 4 N–H and O–H groups in total. The Morgan fingerprint density at radius 3 is 1.49 bits per heavy atom. The zero-order chi connectivity index (χ0) is 57.6. The van der Waals surface area contributed by atoms with E-state index >= 15 is 0 Å². The van der Waals surface area contributed by atoms with Gasteiger partial charge in [-0.25, -0.2) is 4.98 Å². The summed E-state index contributed by atoms with van der Waals surface area (Å²) in [7, 11) is -2.43. The molecule has 11 aromatic rings. The van der Waals surface area contributed by atoms with E-state index in [0.29, 0.717) is 35.3 Å². The molecule has 18 nitrogen and oxygen atoms in total.